The fourth-order valence-corrected chi connectivity index (χ4v) is 1.57. The highest BCUT2D eigenvalue weighted by Crippen LogP contribution is 2.20. The molecule has 14 heavy (non-hydrogen) atoms. The monoisotopic (exact) mass is 310 g/mol. The van der Waals surface area contributed by atoms with Crippen molar-refractivity contribution >= 4 is 34.4 Å². The maximum atomic E-state index is 13.1. The summed E-state index contributed by atoms with van der Waals surface area (Å²) in [7, 11) is 0. The number of halogens is 2. The summed E-state index contributed by atoms with van der Waals surface area (Å²) in [5.74, 6) is -0.529. The van der Waals surface area contributed by atoms with Crippen LogP contribution >= 0.6 is 22.6 Å². The molecule has 0 aliphatic carbocycles. The van der Waals surface area contributed by atoms with Gasteiger partial charge in [0, 0.05) is 10.1 Å². The Labute approximate surface area is 93.4 Å². The molecular formula is C8H8FIN2O2. The average Bonchev–Trinajstić information content (AvgIpc) is 2.10. The summed E-state index contributed by atoms with van der Waals surface area (Å²) in [6, 6.07) is 2.85. The fourth-order valence-electron chi connectivity index (χ4n) is 0.917. The third kappa shape index (κ3) is 2.72. The van der Waals surface area contributed by atoms with Gasteiger partial charge in [-0.05, 0) is 40.3 Å². The minimum absolute atomic E-state index is 0.0720. The zero-order valence-electron chi connectivity index (χ0n) is 7.05. The molecule has 0 aliphatic heterocycles. The number of nitrogens with one attached hydrogen (secondary N) is 1. The molecule has 0 heterocycles. The zero-order valence-corrected chi connectivity index (χ0v) is 9.21. The van der Waals surface area contributed by atoms with Crippen LogP contribution < -0.4 is 11.1 Å². The highest BCUT2D eigenvalue weighted by Gasteiger charge is 2.06. The molecule has 0 bridgehead atoms. The van der Waals surface area contributed by atoms with Crippen molar-refractivity contribution < 1.29 is 14.3 Å². The summed E-state index contributed by atoms with van der Waals surface area (Å²) in [5.41, 5.74) is 6.02. The van der Waals surface area contributed by atoms with Crippen LogP contribution in [0.4, 0.5) is 14.9 Å². The van der Waals surface area contributed by atoms with Crippen molar-refractivity contribution in [3.05, 3.63) is 27.1 Å². The van der Waals surface area contributed by atoms with Crippen molar-refractivity contribution in [3.63, 3.8) is 0 Å². The second kappa shape index (κ2) is 4.45. The minimum atomic E-state index is -1.14. The number of hydrogen-bond donors (Lipinski definition) is 3. The van der Waals surface area contributed by atoms with Crippen molar-refractivity contribution in [2.24, 2.45) is 0 Å². The Morgan fingerprint density at radius 1 is 1.64 bits per heavy atom. The van der Waals surface area contributed by atoms with Crippen LogP contribution in [-0.2, 0) is 6.54 Å². The van der Waals surface area contributed by atoms with E-state index in [-0.39, 0.29) is 12.2 Å². The predicted octanol–water partition coefficient (Wildman–Crippen LogP) is 1.78. The molecule has 0 radical (unpaired) electrons. The molecule has 1 aromatic carbocycles. The largest absolute Gasteiger partial charge is 0.465 e. The van der Waals surface area contributed by atoms with Crippen LogP contribution in [0, 0.1) is 9.39 Å². The molecule has 0 unspecified atom stereocenters. The van der Waals surface area contributed by atoms with Crippen molar-refractivity contribution in [1.29, 1.82) is 0 Å². The first-order valence-corrected chi connectivity index (χ1v) is 4.78. The number of benzene rings is 1. The first-order chi connectivity index (χ1) is 6.50. The van der Waals surface area contributed by atoms with Gasteiger partial charge in [0.05, 0.1) is 5.69 Å². The number of nitrogens with two attached hydrogens (primary N) is 1. The van der Waals surface area contributed by atoms with Crippen LogP contribution in [0.1, 0.15) is 5.56 Å². The number of anilines is 1. The third-order valence-corrected chi connectivity index (χ3v) is 2.48. The summed E-state index contributed by atoms with van der Waals surface area (Å²) in [4.78, 5) is 10.2. The molecule has 0 aromatic heterocycles. The van der Waals surface area contributed by atoms with Gasteiger partial charge in [-0.3, -0.25) is 0 Å². The molecule has 4 N–H and O–H groups in total. The topological polar surface area (TPSA) is 75.3 Å². The van der Waals surface area contributed by atoms with E-state index >= 15 is 0 Å². The number of nitrogen functional groups attached to an aromatic ring is 1. The highest BCUT2D eigenvalue weighted by molar-refractivity contribution is 14.1. The average molecular weight is 310 g/mol. The highest BCUT2D eigenvalue weighted by atomic mass is 127. The smallest absolute Gasteiger partial charge is 0.404 e. The quantitative estimate of drug-likeness (QED) is 0.576. The molecule has 0 saturated carbocycles. The van der Waals surface area contributed by atoms with Gasteiger partial charge in [0.25, 0.3) is 0 Å². The van der Waals surface area contributed by atoms with Crippen LogP contribution in [0.5, 0.6) is 0 Å². The Morgan fingerprint density at radius 3 is 2.79 bits per heavy atom. The van der Waals surface area contributed by atoms with Crippen molar-refractivity contribution in [2.45, 2.75) is 6.54 Å². The molecule has 0 fully saturated rings. The molecule has 1 rings (SSSR count). The molecule has 0 atom stereocenters. The molecule has 6 heteroatoms. The minimum Gasteiger partial charge on any atom is -0.465 e. The van der Waals surface area contributed by atoms with E-state index in [0.29, 0.717) is 9.13 Å². The van der Waals surface area contributed by atoms with E-state index < -0.39 is 11.9 Å². The van der Waals surface area contributed by atoms with E-state index in [1.54, 1.807) is 6.07 Å². The van der Waals surface area contributed by atoms with Crippen LogP contribution in [0.2, 0.25) is 0 Å². The maximum Gasteiger partial charge on any atom is 0.404 e. The number of carboxylic acid groups (broad SMARTS) is 1. The molecule has 4 nitrogen and oxygen atoms in total. The first kappa shape index (κ1) is 11.0. The fraction of sp³-hybridized carbons (Fsp3) is 0.125. The van der Waals surface area contributed by atoms with E-state index in [4.69, 9.17) is 10.8 Å². The molecule has 0 spiro atoms. The summed E-state index contributed by atoms with van der Waals surface area (Å²) in [5, 5.41) is 10.5. The second-order valence-corrected chi connectivity index (χ2v) is 3.79. The SMILES string of the molecule is Nc1c(F)cc(CNC(=O)O)cc1I. The van der Waals surface area contributed by atoms with Gasteiger partial charge in [-0.2, -0.15) is 0 Å². The molecule has 0 saturated heterocycles. The lowest BCUT2D eigenvalue weighted by Crippen LogP contribution is -2.20. The standard InChI is InChI=1S/C8H8FIN2O2/c9-5-1-4(3-12-8(13)14)2-6(10)7(5)11/h1-2,12H,3,11H2,(H,13,14). The number of amides is 1. The molecule has 76 valence electrons. The van der Waals surface area contributed by atoms with Gasteiger partial charge in [0.15, 0.2) is 0 Å². The Morgan fingerprint density at radius 2 is 2.29 bits per heavy atom. The molecular weight excluding hydrogens is 302 g/mol. The van der Waals surface area contributed by atoms with E-state index in [9.17, 15) is 9.18 Å². The van der Waals surface area contributed by atoms with Crippen molar-refractivity contribution in [1.82, 2.24) is 5.32 Å². The van der Waals surface area contributed by atoms with Gasteiger partial charge in [0.2, 0.25) is 0 Å². The van der Waals surface area contributed by atoms with Gasteiger partial charge < -0.3 is 16.2 Å². The lowest BCUT2D eigenvalue weighted by molar-refractivity contribution is 0.194. The maximum absolute atomic E-state index is 13.1. The lowest BCUT2D eigenvalue weighted by atomic mass is 10.2. The van der Waals surface area contributed by atoms with Gasteiger partial charge in [-0.1, -0.05) is 0 Å². The van der Waals surface area contributed by atoms with Crippen molar-refractivity contribution in [3.8, 4) is 0 Å². The molecule has 1 amide bonds. The summed E-state index contributed by atoms with van der Waals surface area (Å²) in [6.45, 7) is 0.0720. The van der Waals surface area contributed by atoms with Crippen LogP contribution in [0.15, 0.2) is 12.1 Å². The van der Waals surface area contributed by atoms with Gasteiger partial charge in [0.1, 0.15) is 5.82 Å². The van der Waals surface area contributed by atoms with Gasteiger partial charge in [-0.15, -0.1) is 0 Å². The predicted molar refractivity (Wildman–Crippen MR) is 58.4 cm³/mol. The summed E-state index contributed by atoms with van der Waals surface area (Å²) in [6.07, 6.45) is -1.14. The summed E-state index contributed by atoms with van der Waals surface area (Å²) >= 11 is 1.89. The Kier molecular flexibility index (Phi) is 3.50. The van der Waals surface area contributed by atoms with E-state index in [1.165, 1.54) is 6.07 Å². The number of carbonyl (C=O) groups is 1. The normalized spacial score (nSPS) is 9.86. The first-order valence-electron chi connectivity index (χ1n) is 3.71. The Bertz CT molecular complexity index is 347. The lowest BCUT2D eigenvalue weighted by Gasteiger charge is -2.05. The van der Waals surface area contributed by atoms with E-state index in [2.05, 4.69) is 5.32 Å². The number of hydrogen-bond acceptors (Lipinski definition) is 2. The van der Waals surface area contributed by atoms with Gasteiger partial charge in [-0.25, -0.2) is 9.18 Å². The summed E-state index contributed by atoms with van der Waals surface area (Å²) < 4.78 is 13.6. The van der Waals surface area contributed by atoms with Crippen LogP contribution in [0.3, 0.4) is 0 Å². The van der Waals surface area contributed by atoms with Crippen molar-refractivity contribution in [2.75, 3.05) is 5.73 Å². The molecule has 1 aromatic rings. The van der Waals surface area contributed by atoms with Gasteiger partial charge >= 0.3 is 6.09 Å². The molecule has 0 aliphatic rings. The second-order valence-electron chi connectivity index (χ2n) is 2.63. The van der Waals surface area contributed by atoms with Crippen LogP contribution in [-0.4, -0.2) is 11.2 Å². The van der Waals surface area contributed by atoms with E-state index in [0.717, 1.165) is 0 Å². The third-order valence-electron chi connectivity index (χ3n) is 1.58. The Balaban J connectivity index is 2.84. The number of rotatable bonds is 2. The van der Waals surface area contributed by atoms with Crippen LogP contribution in [0.25, 0.3) is 0 Å². The Hall–Kier alpha value is -1.05. The zero-order chi connectivity index (χ0) is 10.7. The van der Waals surface area contributed by atoms with E-state index in [1.807, 2.05) is 22.6 Å².